The number of carbonyl (C=O) groups excluding carboxylic acids is 1. The van der Waals surface area contributed by atoms with Gasteiger partial charge in [0, 0.05) is 4.92 Å². The van der Waals surface area contributed by atoms with E-state index in [0.29, 0.717) is 6.07 Å². The summed E-state index contributed by atoms with van der Waals surface area (Å²) in [6.45, 7) is 0. The van der Waals surface area contributed by atoms with Gasteiger partial charge in [-0.05, 0) is 24.3 Å². The molecule has 1 aliphatic rings. The van der Waals surface area contributed by atoms with Gasteiger partial charge in [-0.25, -0.2) is 0 Å². The molecule has 0 aromatic heterocycles. The first-order chi connectivity index (χ1) is 10.7. The Morgan fingerprint density at radius 2 is 1.91 bits per heavy atom. The number of ether oxygens (including phenoxy) is 1. The molecule has 0 heterocycles. The Bertz CT molecular complexity index is 698. The van der Waals surface area contributed by atoms with Crippen LogP contribution in [0.25, 0.3) is 0 Å². The second-order valence-electron chi connectivity index (χ2n) is 4.65. The van der Waals surface area contributed by atoms with E-state index in [1.165, 1.54) is 12.1 Å². The summed E-state index contributed by atoms with van der Waals surface area (Å²) < 4.78 is 43.9. The lowest BCUT2D eigenvalue weighted by Crippen LogP contribution is -2.61. The molecular weight excluding hydrogens is 319 g/mol. The molecule has 1 aromatic rings. The molecule has 0 radical (unpaired) electrons. The maximum Gasteiger partial charge on any atom is 0.419 e. The van der Waals surface area contributed by atoms with E-state index in [2.05, 4.69) is 0 Å². The van der Waals surface area contributed by atoms with E-state index in [-0.39, 0.29) is 0 Å². The molecule has 122 valence electrons. The fraction of sp³-hybridized carbons (Fsp3) is 0.214. The number of carbonyl (C=O) groups is 1. The third-order valence-electron chi connectivity index (χ3n) is 3.21. The van der Waals surface area contributed by atoms with Crippen molar-refractivity contribution in [3.05, 3.63) is 64.2 Å². The van der Waals surface area contributed by atoms with Crippen LogP contribution in [-0.2, 0) is 11.0 Å². The molecule has 0 saturated carbocycles. The van der Waals surface area contributed by atoms with Crippen LogP contribution in [-0.4, -0.2) is 22.5 Å². The zero-order valence-electron chi connectivity index (χ0n) is 11.3. The number of carboxylic acids is 1. The summed E-state index contributed by atoms with van der Waals surface area (Å²) in [5, 5.41) is 22.5. The van der Waals surface area contributed by atoms with Crippen molar-refractivity contribution in [2.45, 2.75) is 17.8 Å². The highest BCUT2D eigenvalue weighted by Gasteiger charge is 2.50. The molecule has 23 heavy (non-hydrogen) atoms. The number of allylic oxidation sites excluding steroid dienone is 2. The SMILES string of the molecule is O=C([O-])C1(Oc2ccccc2C(F)(F)F)C=CC=CC1[N+](=O)[O-]. The number of carboxylic acid groups (broad SMARTS) is 1. The van der Waals surface area contributed by atoms with Crippen LogP contribution in [0.4, 0.5) is 13.2 Å². The average Bonchev–Trinajstić information content (AvgIpc) is 2.46. The highest BCUT2D eigenvalue weighted by molar-refractivity contribution is 5.81. The molecule has 0 amide bonds. The number of para-hydroxylation sites is 1. The number of rotatable bonds is 4. The van der Waals surface area contributed by atoms with Crippen molar-refractivity contribution in [2.24, 2.45) is 0 Å². The fourth-order valence-electron chi connectivity index (χ4n) is 2.13. The van der Waals surface area contributed by atoms with E-state index in [0.717, 1.165) is 30.4 Å². The minimum absolute atomic E-state index is 0.682. The number of halogens is 3. The Balaban J connectivity index is 2.54. The van der Waals surface area contributed by atoms with Crippen LogP contribution >= 0.6 is 0 Å². The molecule has 6 nitrogen and oxygen atoms in total. The van der Waals surface area contributed by atoms with Crippen molar-refractivity contribution in [3.8, 4) is 5.75 Å². The highest BCUT2D eigenvalue weighted by Crippen LogP contribution is 2.38. The van der Waals surface area contributed by atoms with Crippen LogP contribution in [0.2, 0.25) is 0 Å². The summed E-state index contributed by atoms with van der Waals surface area (Å²) in [4.78, 5) is 21.6. The van der Waals surface area contributed by atoms with E-state index in [1.807, 2.05) is 0 Å². The normalized spacial score (nSPS) is 23.5. The molecule has 0 fully saturated rings. The van der Waals surface area contributed by atoms with Gasteiger partial charge in [0.15, 0.2) is 0 Å². The van der Waals surface area contributed by atoms with Gasteiger partial charge in [-0.1, -0.05) is 24.3 Å². The predicted octanol–water partition coefficient (Wildman–Crippen LogP) is 1.34. The second-order valence-corrected chi connectivity index (χ2v) is 4.65. The second kappa shape index (κ2) is 5.75. The van der Waals surface area contributed by atoms with E-state index < -0.39 is 40.0 Å². The Labute approximate surface area is 127 Å². The summed E-state index contributed by atoms with van der Waals surface area (Å²) in [7, 11) is 0. The smallest absolute Gasteiger partial charge is 0.419 e. The molecule has 1 aliphatic carbocycles. The Hall–Kier alpha value is -2.84. The van der Waals surface area contributed by atoms with E-state index >= 15 is 0 Å². The first-order valence-electron chi connectivity index (χ1n) is 6.24. The number of aliphatic carboxylic acids is 1. The van der Waals surface area contributed by atoms with Crippen LogP contribution in [0.1, 0.15) is 5.56 Å². The van der Waals surface area contributed by atoms with Crippen LogP contribution in [0.15, 0.2) is 48.6 Å². The maximum atomic E-state index is 13.0. The monoisotopic (exact) mass is 328 g/mol. The molecule has 1 aromatic carbocycles. The summed E-state index contributed by atoms with van der Waals surface area (Å²) in [5.74, 6) is -2.85. The molecule has 0 bridgehead atoms. The van der Waals surface area contributed by atoms with Gasteiger partial charge in [0.1, 0.15) is 5.75 Å². The summed E-state index contributed by atoms with van der Waals surface area (Å²) >= 11 is 0. The lowest BCUT2D eigenvalue weighted by Gasteiger charge is -2.35. The van der Waals surface area contributed by atoms with Crippen molar-refractivity contribution >= 4 is 5.97 Å². The Morgan fingerprint density at radius 1 is 1.26 bits per heavy atom. The molecule has 9 heteroatoms. The summed E-state index contributed by atoms with van der Waals surface area (Å²) in [6.07, 6.45) is -0.781. The van der Waals surface area contributed by atoms with Crippen molar-refractivity contribution in [2.75, 3.05) is 0 Å². The lowest BCUT2D eigenvalue weighted by molar-refractivity contribution is -0.526. The molecule has 2 atom stereocenters. The fourth-order valence-corrected chi connectivity index (χ4v) is 2.13. The standard InChI is InChI=1S/C14H10F3NO5/c15-14(16,17)9-5-1-2-6-10(9)23-13(12(19)20)8-4-3-7-11(13)18(21)22/h1-8,11H,(H,19,20)/p-1. The van der Waals surface area contributed by atoms with Crippen LogP contribution in [0.5, 0.6) is 5.75 Å². The third kappa shape index (κ3) is 3.03. The number of alkyl halides is 3. The maximum absolute atomic E-state index is 13.0. The van der Waals surface area contributed by atoms with Gasteiger partial charge in [-0.2, -0.15) is 13.2 Å². The number of nitrogens with zero attached hydrogens (tertiary/aromatic N) is 1. The Kier molecular flexibility index (Phi) is 4.13. The topological polar surface area (TPSA) is 92.5 Å². The highest BCUT2D eigenvalue weighted by atomic mass is 19.4. The minimum atomic E-state index is -4.82. The summed E-state index contributed by atoms with van der Waals surface area (Å²) in [5.41, 5.74) is -3.93. The van der Waals surface area contributed by atoms with Gasteiger partial charge in [0.05, 0.1) is 11.5 Å². The average molecular weight is 328 g/mol. The van der Waals surface area contributed by atoms with Crippen LogP contribution < -0.4 is 9.84 Å². The summed E-state index contributed by atoms with van der Waals surface area (Å²) in [6, 6.07) is 1.91. The largest absolute Gasteiger partial charge is 0.545 e. The molecule has 0 aliphatic heterocycles. The number of hydrogen-bond acceptors (Lipinski definition) is 5. The molecule has 0 spiro atoms. The van der Waals surface area contributed by atoms with Gasteiger partial charge in [-0.15, -0.1) is 0 Å². The molecule has 0 N–H and O–H groups in total. The van der Waals surface area contributed by atoms with Gasteiger partial charge >= 0.3 is 6.18 Å². The Morgan fingerprint density at radius 3 is 2.48 bits per heavy atom. The van der Waals surface area contributed by atoms with Crippen molar-refractivity contribution in [1.29, 1.82) is 0 Å². The first kappa shape index (κ1) is 16.5. The number of benzene rings is 1. The quantitative estimate of drug-likeness (QED) is 0.614. The van der Waals surface area contributed by atoms with Crippen molar-refractivity contribution in [1.82, 2.24) is 0 Å². The first-order valence-corrected chi connectivity index (χ1v) is 6.24. The predicted molar refractivity (Wildman–Crippen MR) is 68.9 cm³/mol. The number of nitro groups is 1. The van der Waals surface area contributed by atoms with E-state index in [9.17, 15) is 33.2 Å². The zero-order valence-corrected chi connectivity index (χ0v) is 11.3. The molecule has 2 unspecified atom stereocenters. The lowest BCUT2D eigenvalue weighted by atomic mass is 9.90. The van der Waals surface area contributed by atoms with Crippen LogP contribution in [0.3, 0.4) is 0 Å². The van der Waals surface area contributed by atoms with Crippen LogP contribution in [0, 0.1) is 10.1 Å². The third-order valence-corrected chi connectivity index (χ3v) is 3.21. The van der Waals surface area contributed by atoms with E-state index in [4.69, 9.17) is 4.74 Å². The van der Waals surface area contributed by atoms with Crippen molar-refractivity contribution in [3.63, 3.8) is 0 Å². The zero-order chi connectivity index (χ0) is 17.3. The van der Waals surface area contributed by atoms with E-state index in [1.54, 1.807) is 0 Å². The molecule has 2 rings (SSSR count). The number of hydrogen-bond donors (Lipinski definition) is 0. The van der Waals surface area contributed by atoms with Gasteiger partial charge in [0.2, 0.25) is 5.60 Å². The molecular formula is C14H9F3NO5-. The van der Waals surface area contributed by atoms with Gasteiger partial charge in [0.25, 0.3) is 6.04 Å². The minimum Gasteiger partial charge on any atom is -0.545 e. The van der Waals surface area contributed by atoms with Crippen molar-refractivity contribution < 1.29 is 32.7 Å². The van der Waals surface area contributed by atoms with Gasteiger partial charge < -0.3 is 14.6 Å². The molecule has 0 saturated heterocycles. The van der Waals surface area contributed by atoms with Gasteiger partial charge in [-0.3, -0.25) is 10.1 Å².